The zero-order chi connectivity index (χ0) is 22.3. The SMILES string of the molecule is O=C(CCC1NC(C2CCC(F)CC2)NO1)NCCCNC1NNC(=O)C2CCCNC12. The van der Waals surface area contributed by atoms with Gasteiger partial charge in [-0.15, -0.1) is 0 Å². The molecule has 0 spiro atoms. The molecule has 4 rings (SSSR count). The number of hydroxylamine groups is 1. The van der Waals surface area contributed by atoms with E-state index in [1.807, 2.05) is 0 Å². The molecule has 0 radical (unpaired) electrons. The van der Waals surface area contributed by atoms with Crippen LogP contribution in [0.2, 0.25) is 0 Å². The van der Waals surface area contributed by atoms with Gasteiger partial charge in [-0.05, 0) is 70.4 Å². The maximum atomic E-state index is 13.3. The second kappa shape index (κ2) is 11.7. The lowest BCUT2D eigenvalue weighted by atomic mass is 9.86. The zero-order valence-electron chi connectivity index (χ0n) is 18.6. The summed E-state index contributed by atoms with van der Waals surface area (Å²) in [6, 6.07) is 0.0930. The average Bonchev–Trinajstić information content (AvgIpc) is 3.28. The Bertz CT molecular complexity index is 635. The van der Waals surface area contributed by atoms with Gasteiger partial charge in [0.15, 0.2) is 0 Å². The van der Waals surface area contributed by atoms with E-state index >= 15 is 0 Å². The van der Waals surface area contributed by atoms with Crippen LogP contribution >= 0.6 is 0 Å². The van der Waals surface area contributed by atoms with Gasteiger partial charge >= 0.3 is 0 Å². The van der Waals surface area contributed by atoms with Crippen molar-refractivity contribution in [3.05, 3.63) is 0 Å². The third-order valence-corrected chi connectivity index (χ3v) is 7.10. The lowest BCUT2D eigenvalue weighted by Gasteiger charge is -2.42. The number of hydrogen-bond donors (Lipinski definition) is 7. The molecule has 4 fully saturated rings. The second-order valence-electron chi connectivity index (χ2n) is 9.42. The molecule has 3 saturated heterocycles. The van der Waals surface area contributed by atoms with Crippen LogP contribution in [-0.2, 0) is 14.4 Å². The molecule has 32 heavy (non-hydrogen) atoms. The van der Waals surface area contributed by atoms with Crippen LogP contribution in [-0.4, -0.2) is 62.2 Å². The molecule has 10 nitrogen and oxygen atoms in total. The summed E-state index contributed by atoms with van der Waals surface area (Å²) < 4.78 is 13.3. The quantitative estimate of drug-likeness (QED) is 0.232. The van der Waals surface area contributed by atoms with Crippen LogP contribution in [0.5, 0.6) is 0 Å². The van der Waals surface area contributed by atoms with E-state index in [0.29, 0.717) is 38.1 Å². The number of piperidine rings is 1. The summed E-state index contributed by atoms with van der Waals surface area (Å²) in [5, 5.41) is 13.2. The highest BCUT2D eigenvalue weighted by molar-refractivity contribution is 5.80. The number of carbonyl (C=O) groups excluding carboxylic acids is 2. The van der Waals surface area contributed by atoms with Crippen LogP contribution in [0, 0.1) is 11.8 Å². The van der Waals surface area contributed by atoms with Crippen LogP contribution < -0.4 is 37.6 Å². The van der Waals surface area contributed by atoms with Gasteiger partial charge in [-0.1, -0.05) is 0 Å². The number of nitrogens with one attached hydrogen (secondary N) is 7. The predicted octanol–water partition coefficient (Wildman–Crippen LogP) is -0.504. The van der Waals surface area contributed by atoms with Crippen molar-refractivity contribution >= 4 is 11.8 Å². The van der Waals surface area contributed by atoms with E-state index in [9.17, 15) is 14.0 Å². The molecular formula is C21H38FN7O3. The lowest BCUT2D eigenvalue weighted by molar-refractivity contribution is -0.131. The third kappa shape index (κ3) is 6.36. The van der Waals surface area contributed by atoms with Gasteiger partial charge in [0.2, 0.25) is 11.8 Å². The fourth-order valence-corrected chi connectivity index (χ4v) is 5.20. The Labute approximate surface area is 188 Å². The van der Waals surface area contributed by atoms with Gasteiger partial charge in [-0.3, -0.25) is 30.5 Å². The summed E-state index contributed by atoms with van der Waals surface area (Å²) in [5.41, 5.74) is 8.82. The van der Waals surface area contributed by atoms with Crippen molar-refractivity contribution in [3.8, 4) is 0 Å². The molecule has 1 saturated carbocycles. The first-order chi connectivity index (χ1) is 15.6. The molecule has 11 heteroatoms. The minimum atomic E-state index is -0.663. The van der Waals surface area contributed by atoms with E-state index in [4.69, 9.17) is 4.84 Å². The van der Waals surface area contributed by atoms with Crippen molar-refractivity contribution in [2.45, 2.75) is 88.6 Å². The number of alkyl halides is 1. The fourth-order valence-electron chi connectivity index (χ4n) is 5.20. The highest BCUT2D eigenvalue weighted by Crippen LogP contribution is 2.29. The number of fused-ring (bicyclic) bond motifs is 1. The first-order valence-corrected chi connectivity index (χ1v) is 12.2. The molecule has 5 unspecified atom stereocenters. The van der Waals surface area contributed by atoms with E-state index in [2.05, 4.69) is 37.6 Å². The summed E-state index contributed by atoms with van der Waals surface area (Å²) in [4.78, 5) is 29.7. The largest absolute Gasteiger partial charge is 0.356 e. The van der Waals surface area contributed by atoms with Crippen molar-refractivity contribution in [3.63, 3.8) is 0 Å². The fraction of sp³-hybridized carbons (Fsp3) is 0.905. The van der Waals surface area contributed by atoms with Crippen molar-refractivity contribution in [1.29, 1.82) is 0 Å². The highest BCUT2D eigenvalue weighted by Gasteiger charge is 2.39. The topological polar surface area (TPSA) is 128 Å². The van der Waals surface area contributed by atoms with Gasteiger partial charge in [-0.2, -0.15) is 5.48 Å². The number of carbonyl (C=O) groups is 2. The van der Waals surface area contributed by atoms with E-state index in [1.54, 1.807) is 0 Å². The maximum absolute atomic E-state index is 13.3. The van der Waals surface area contributed by atoms with Gasteiger partial charge in [0.25, 0.3) is 0 Å². The minimum absolute atomic E-state index is 0.00132. The summed E-state index contributed by atoms with van der Waals surface area (Å²) >= 11 is 0. The Morgan fingerprint density at radius 3 is 2.84 bits per heavy atom. The van der Waals surface area contributed by atoms with Crippen molar-refractivity contribution in [2.75, 3.05) is 19.6 Å². The molecule has 5 atom stereocenters. The molecule has 0 aromatic rings. The second-order valence-corrected chi connectivity index (χ2v) is 9.42. The Hall–Kier alpha value is -1.37. The summed E-state index contributed by atoms with van der Waals surface area (Å²) in [7, 11) is 0. The molecule has 4 aliphatic rings. The van der Waals surface area contributed by atoms with Gasteiger partial charge in [0, 0.05) is 19.0 Å². The number of amides is 2. The van der Waals surface area contributed by atoms with Crippen LogP contribution in [0.4, 0.5) is 4.39 Å². The molecule has 0 aromatic carbocycles. The Balaban J connectivity index is 1.05. The molecular weight excluding hydrogens is 417 g/mol. The van der Waals surface area contributed by atoms with Gasteiger partial charge < -0.3 is 10.6 Å². The monoisotopic (exact) mass is 455 g/mol. The molecule has 3 aliphatic heterocycles. The number of hydrogen-bond acceptors (Lipinski definition) is 8. The van der Waals surface area contributed by atoms with Crippen molar-refractivity contribution in [2.24, 2.45) is 11.8 Å². The van der Waals surface area contributed by atoms with Gasteiger partial charge in [0.05, 0.1) is 18.2 Å². The molecule has 1 aliphatic carbocycles. The zero-order valence-corrected chi connectivity index (χ0v) is 18.6. The standard InChI is InChI=1S/C21H38FN7O3/c22-14-6-4-13(5-7-14)19-26-17(32-29-19)9-8-16(30)23-11-2-12-25-20-18-15(3-1-10-24-18)21(31)28-27-20/h13-15,17-20,24-27,29H,1-12H2,(H,23,30)(H,28,31). The maximum Gasteiger partial charge on any atom is 0.238 e. The smallest absolute Gasteiger partial charge is 0.238 e. The predicted molar refractivity (Wildman–Crippen MR) is 116 cm³/mol. The molecule has 3 heterocycles. The molecule has 7 N–H and O–H groups in total. The number of halogens is 1. The number of rotatable bonds is 9. The van der Waals surface area contributed by atoms with Crippen LogP contribution in [0.15, 0.2) is 0 Å². The average molecular weight is 456 g/mol. The van der Waals surface area contributed by atoms with Gasteiger partial charge in [-0.25, -0.2) is 9.82 Å². The van der Waals surface area contributed by atoms with Gasteiger partial charge in [0.1, 0.15) is 12.4 Å². The van der Waals surface area contributed by atoms with Crippen molar-refractivity contribution < 1.29 is 18.8 Å². The molecule has 182 valence electrons. The van der Waals surface area contributed by atoms with Crippen LogP contribution in [0.25, 0.3) is 0 Å². The normalized spacial score (nSPS) is 37.5. The summed E-state index contributed by atoms with van der Waals surface area (Å²) in [5.74, 6) is 0.441. The van der Waals surface area contributed by atoms with E-state index < -0.39 is 6.17 Å². The van der Waals surface area contributed by atoms with E-state index in [-0.39, 0.29) is 42.3 Å². The first kappa shape index (κ1) is 23.8. The van der Waals surface area contributed by atoms with Crippen LogP contribution in [0.1, 0.15) is 57.8 Å². The summed E-state index contributed by atoms with van der Waals surface area (Å²) in [6.45, 7) is 2.26. The molecule has 2 amide bonds. The Kier molecular flexibility index (Phi) is 8.67. The summed E-state index contributed by atoms with van der Waals surface area (Å²) in [6.07, 6.45) is 5.83. The number of hydrazine groups is 1. The third-order valence-electron chi connectivity index (χ3n) is 7.10. The first-order valence-electron chi connectivity index (χ1n) is 12.2. The molecule has 0 aromatic heterocycles. The van der Waals surface area contributed by atoms with Crippen LogP contribution in [0.3, 0.4) is 0 Å². The van der Waals surface area contributed by atoms with E-state index in [0.717, 1.165) is 45.2 Å². The highest BCUT2D eigenvalue weighted by atomic mass is 19.1. The minimum Gasteiger partial charge on any atom is -0.356 e. The Morgan fingerprint density at radius 2 is 2.00 bits per heavy atom. The van der Waals surface area contributed by atoms with Crippen molar-refractivity contribution in [1.82, 2.24) is 37.6 Å². The molecule has 0 bridgehead atoms. The lowest BCUT2D eigenvalue weighted by Crippen LogP contribution is -2.71. The Morgan fingerprint density at radius 1 is 1.16 bits per heavy atom. The van der Waals surface area contributed by atoms with E-state index in [1.165, 1.54) is 0 Å².